The number of Topliss-reactive ketones (excluding diaryl/α,β-unsaturated/α-hetero) is 1. The van der Waals surface area contributed by atoms with Crippen molar-refractivity contribution in [2.75, 3.05) is 14.2 Å². The Morgan fingerprint density at radius 1 is 0.905 bits per heavy atom. The average molecular weight is 286 g/mol. The molecule has 0 spiro atoms. The summed E-state index contributed by atoms with van der Waals surface area (Å²) in [6.45, 7) is 0.209. The van der Waals surface area contributed by atoms with Crippen molar-refractivity contribution >= 4 is 5.78 Å². The Morgan fingerprint density at radius 2 is 1.43 bits per heavy atom. The molecule has 0 aromatic heterocycles. The lowest BCUT2D eigenvalue weighted by Crippen LogP contribution is -2.45. The van der Waals surface area contributed by atoms with Gasteiger partial charge in [0.15, 0.2) is 0 Å². The first-order valence-corrected chi connectivity index (χ1v) is 6.60. The number of ether oxygens (including phenoxy) is 3. The Balaban J connectivity index is 2.18. The minimum absolute atomic E-state index is 0.209. The summed E-state index contributed by atoms with van der Waals surface area (Å²) in [4.78, 5) is 12.6. The quantitative estimate of drug-likeness (QED) is 0.579. The molecule has 2 aromatic rings. The molecule has 0 radical (unpaired) electrons. The van der Waals surface area contributed by atoms with Crippen LogP contribution in [0.4, 0.5) is 0 Å². The molecule has 110 valence electrons. The predicted molar refractivity (Wildman–Crippen MR) is 78.8 cm³/mol. The third-order valence-electron chi connectivity index (χ3n) is 3.12. The number of benzene rings is 2. The van der Waals surface area contributed by atoms with Crippen molar-refractivity contribution in [3.63, 3.8) is 0 Å². The first-order chi connectivity index (χ1) is 10.2. The molecule has 2 aromatic carbocycles. The van der Waals surface area contributed by atoms with Gasteiger partial charge in [-0.1, -0.05) is 60.7 Å². The Labute approximate surface area is 124 Å². The minimum Gasteiger partial charge on any atom is -0.324 e. The fraction of sp³-hybridized carbons (Fsp3) is 0.235. The molecule has 0 saturated carbocycles. The molecule has 2 rings (SSSR count). The van der Waals surface area contributed by atoms with E-state index in [9.17, 15) is 4.79 Å². The maximum absolute atomic E-state index is 12.6. The summed E-state index contributed by atoms with van der Waals surface area (Å²) in [5, 5.41) is 0. The fourth-order valence-electron chi connectivity index (χ4n) is 1.97. The van der Waals surface area contributed by atoms with Crippen molar-refractivity contribution in [1.82, 2.24) is 0 Å². The maximum atomic E-state index is 12.6. The topological polar surface area (TPSA) is 44.8 Å². The molecular weight excluding hydrogens is 268 g/mol. The molecule has 0 unspecified atom stereocenters. The van der Waals surface area contributed by atoms with Crippen molar-refractivity contribution in [1.29, 1.82) is 0 Å². The Hall–Kier alpha value is -2.01. The summed E-state index contributed by atoms with van der Waals surface area (Å²) in [6, 6.07) is 18.3. The van der Waals surface area contributed by atoms with Crippen molar-refractivity contribution < 1.29 is 19.0 Å². The summed E-state index contributed by atoms with van der Waals surface area (Å²) >= 11 is 0. The Kier molecular flexibility index (Phi) is 5.22. The molecule has 0 fully saturated rings. The van der Waals surface area contributed by atoms with Gasteiger partial charge in [-0.25, -0.2) is 0 Å². The molecule has 0 bridgehead atoms. The highest BCUT2D eigenvalue weighted by Gasteiger charge is 2.41. The standard InChI is InChI=1S/C17H18O4/c1-19-17(20-2,16(18)15-11-7-4-8-12-15)21-13-14-9-5-3-6-10-14/h3-12H,13H2,1-2H3. The van der Waals surface area contributed by atoms with E-state index in [1.165, 1.54) is 14.2 Å². The van der Waals surface area contributed by atoms with Gasteiger partial charge in [0.25, 0.3) is 5.78 Å². The predicted octanol–water partition coefficient (Wildman–Crippen LogP) is 3.03. The van der Waals surface area contributed by atoms with E-state index in [1.807, 2.05) is 36.4 Å². The van der Waals surface area contributed by atoms with Gasteiger partial charge >= 0.3 is 5.97 Å². The maximum Gasteiger partial charge on any atom is 0.351 e. The van der Waals surface area contributed by atoms with E-state index < -0.39 is 5.97 Å². The van der Waals surface area contributed by atoms with Crippen LogP contribution in [-0.2, 0) is 20.8 Å². The fourth-order valence-corrected chi connectivity index (χ4v) is 1.97. The van der Waals surface area contributed by atoms with Crippen molar-refractivity contribution in [2.45, 2.75) is 12.6 Å². The van der Waals surface area contributed by atoms with Crippen LogP contribution in [0.25, 0.3) is 0 Å². The number of hydrogen-bond acceptors (Lipinski definition) is 4. The van der Waals surface area contributed by atoms with Crippen LogP contribution in [0.2, 0.25) is 0 Å². The van der Waals surface area contributed by atoms with E-state index in [-0.39, 0.29) is 12.4 Å². The molecule has 4 nitrogen and oxygen atoms in total. The zero-order valence-corrected chi connectivity index (χ0v) is 12.1. The molecule has 0 saturated heterocycles. The lowest BCUT2D eigenvalue weighted by atomic mass is 10.1. The van der Waals surface area contributed by atoms with Gasteiger partial charge < -0.3 is 14.2 Å². The zero-order chi connectivity index (χ0) is 15.1. The third-order valence-corrected chi connectivity index (χ3v) is 3.12. The first-order valence-electron chi connectivity index (χ1n) is 6.60. The SMILES string of the molecule is COC(OC)(OCc1ccccc1)C(=O)c1ccccc1. The second-order valence-corrected chi connectivity index (χ2v) is 4.43. The van der Waals surface area contributed by atoms with E-state index in [1.54, 1.807) is 24.3 Å². The van der Waals surface area contributed by atoms with Gasteiger partial charge in [0.05, 0.1) is 6.61 Å². The van der Waals surface area contributed by atoms with Gasteiger partial charge in [0.1, 0.15) is 0 Å². The number of methoxy groups -OCH3 is 2. The van der Waals surface area contributed by atoms with Gasteiger partial charge in [-0.15, -0.1) is 0 Å². The lowest BCUT2D eigenvalue weighted by Gasteiger charge is -2.28. The summed E-state index contributed by atoms with van der Waals surface area (Å²) in [5.41, 5.74) is 1.39. The Bertz CT molecular complexity index is 562. The van der Waals surface area contributed by atoms with E-state index in [4.69, 9.17) is 14.2 Å². The smallest absolute Gasteiger partial charge is 0.324 e. The van der Waals surface area contributed by atoms with E-state index >= 15 is 0 Å². The number of ketones is 1. The molecular formula is C17H18O4. The first kappa shape index (κ1) is 15.4. The van der Waals surface area contributed by atoms with Gasteiger partial charge in [0.2, 0.25) is 0 Å². The number of carbonyl (C=O) groups is 1. The van der Waals surface area contributed by atoms with Crippen LogP contribution in [0.15, 0.2) is 60.7 Å². The molecule has 0 atom stereocenters. The minimum atomic E-state index is -1.74. The van der Waals surface area contributed by atoms with Gasteiger partial charge in [-0.2, -0.15) is 0 Å². The van der Waals surface area contributed by atoms with Crippen molar-refractivity contribution in [2.24, 2.45) is 0 Å². The van der Waals surface area contributed by atoms with Crippen LogP contribution in [0.5, 0.6) is 0 Å². The van der Waals surface area contributed by atoms with E-state index in [2.05, 4.69) is 0 Å². The van der Waals surface area contributed by atoms with E-state index in [0.29, 0.717) is 5.56 Å². The normalized spacial score (nSPS) is 11.3. The summed E-state index contributed by atoms with van der Waals surface area (Å²) in [7, 11) is 2.77. The average Bonchev–Trinajstić information content (AvgIpc) is 2.58. The van der Waals surface area contributed by atoms with Crippen molar-refractivity contribution in [3.8, 4) is 0 Å². The second-order valence-electron chi connectivity index (χ2n) is 4.43. The molecule has 0 heterocycles. The third kappa shape index (κ3) is 3.55. The summed E-state index contributed by atoms with van der Waals surface area (Å²) < 4.78 is 16.1. The Morgan fingerprint density at radius 3 is 1.95 bits per heavy atom. The monoisotopic (exact) mass is 286 g/mol. The summed E-state index contributed by atoms with van der Waals surface area (Å²) in [6.07, 6.45) is 0. The van der Waals surface area contributed by atoms with E-state index in [0.717, 1.165) is 5.56 Å². The molecule has 0 aliphatic carbocycles. The van der Waals surface area contributed by atoms with Gasteiger partial charge in [0, 0.05) is 19.8 Å². The van der Waals surface area contributed by atoms with Crippen LogP contribution in [0.3, 0.4) is 0 Å². The molecule has 0 N–H and O–H groups in total. The van der Waals surface area contributed by atoms with Gasteiger partial charge in [-0.05, 0) is 5.56 Å². The molecule has 0 aliphatic heterocycles. The van der Waals surface area contributed by atoms with Crippen LogP contribution in [0.1, 0.15) is 15.9 Å². The largest absolute Gasteiger partial charge is 0.351 e. The van der Waals surface area contributed by atoms with Crippen LogP contribution < -0.4 is 0 Å². The number of carbonyl (C=O) groups excluding carboxylic acids is 1. The zero-order valence-electron chi connectivity index (χ0n) is 12.1. The molecule has 0 amide bonds. The second kappa shape index (κ2) is 7.13. The van der Waals surface area contributed by atoms with Gasteiger partial charge in [-0.3, -0.25) is 4.79 Å². The highest BCUT2D eigenvalue weighted by Crippen LogP contribution is 2.22. The highest BCUT2D eigenvalue weighted by molar-refractivity contribution is 6.00. The van der Waals surface area contributed by atoms with Crippen molar-refractivity contribution in [3.05, 3.63) is 71.8 Å². The van der Waals surface area contributed by atoms with Crippen LogP contribution >= 0.6 is 0 Å². The number of rotatable bonds is 7. The van der Waals surface area contributed by atoms with Crippen LogP contribution in [-0.4, -0.2) is 26.0 Å². The molecule has 21 heavy (non-hydrogen) atoms. The molecule has 4 heteroatoms. The molecule has 0 aliphatic rings. The highest BCUT2D eigenvalue weighted by atomic mass is 16.9. The number of hydrogen-bond donors (Lipinski definition) is 0. The summed E-state index contributed by atoms with van der Waals surface area (Å²) in [5.74, 6) is -2.11. The van der Waals surface area contributed by atoms with Crippen LogP contribution in [0, 0.1) is 0 Å². The lowest BCUT2D eigenvalue weighted by molar-refractivity contribution is -0.328.